The van der Waals surface area contributed by atoms with E-state index in [1.54, 1.807) is 12.4 Å². The van der Waals surface area contributed by atoms with Crippen LogP contribution in [0.5, 0.6) is 0 Å². The molecule has 0 radical (unpaired) electrons. The van der Waals surface area contributed by atoms with Crippen LogP contribution in [0.1, 0.15) is 15.3 Å². The van der Waals surface area contributed by atoms with Gasteiger partial charge >= 0.3 is 0 Å². The molecule has 0 unspecified atom stereocenters. The highest BCUT2D eigenvalue weighted by atomic mass is 32.1. The lowest BCUT2D eigenvalue weighted by molar-refractivity contribution is 1.07. The molecule has 0 aliphatic heterocycles. The Bertz CT molecular complexity index is 417. The fourth-order valence-corrected chi connectivity index (χ4v) is 2.29. The van der Waals surface area contributed by atoms with Crippen LogP contribution < -0.4 is 5.32 Å². The first-order chi connectivity index (χ1) is 7.25. The molecule has 0 saturated carbocycles. The summed E-state index contributed by atoms with van der Waals surface area (Å²) in [4.78, 5) is 10.9. The van der Waals surface area contributed by atoms with Crippen LogP contribution in [0, 0.1) is 13.8 Å². The van der Waals surface area contributed by atoms with E-state index in [1.807, 2.05) is 17.4 Å². The van der Waals surface area contributed by atoms with Crippen molar-refractivity contribution >= 4 is 17.3 Å². The molecule has 0 saturated heterocycles. The lowest BCUT2D eigenvalue weighted by Gasteiger charge is -2.00. The van der Waals surface area contributed by atoms with Crippen LogP contribution in [0.2, 0.25) is 0 Å². The van der Waals surface area contributed by atoms with Crippen molar-refractivity contribution in [1.29, 1.82) is 0 Å². The molecule has 0 fully saturated rings. The normalized spacial score (nSPS) is 10.3. The molecule has 2 heterocycles. The second-order valence-electron chi connectivity index (χ2n) is 3.38. The van der Waals surface area contributed by atoms with Gasteiger partial charge in [-0.15, -0.1) is 11.3 Å². The van der Waals surface area contributed by atoms with Gasteiger partial charge in [0, 0.05) is 22.1 Å². The van der Waals surface area contributed by atoms with Crippen LogP contribution in [-0.4, -0.2) is 9.97 Å². The average molecular weight is 219 g/mol. The molecule has 0 spiro atoms. The van der Waals surface area contributed by atoms with Gasteiger partial charge in [0.25, 0.3) is 0 Å². The second kappa shape index (κ2) is 4.40. The zero-order valence-corrected chi connectivity index (χ0v) is 9.64. The maximum absolute atomic E-state index is 4.11. The third kappa shape index (κ3) is 2.53. The second-order valence-corrected chi connectivity index (χ2v) is 4.72. The van der Waals surface area contributed by atoms with Crippen molar-refractivity contribution in [1.82, 2.24) is 9.97 Å². The van der Waals surface area contributed by atoms with E-state index in [0.717, 1.165) is 6.54 Å². The summed E-state index contributed by atoms with van der Waals surface area (Å²) in [6.45, 7) is 5.07. The molecule has 0 aromatic carbocycles. The predicted molar refractivity (Wildman–Crippen MR) is 63.2 cm³/mol. The van der Waals surface area contributed by atoms with Gasteiger partial charge in [-0.3, -0.25) is 0 Å². The average Bonchev–Trinajstić information content (AvgIpc) is 2.57. The Kier molecular flexibility index (Phi) is 2.97. The van der Waals surface area contributed by atoms with Crippen molar-refractivity contribution in [3.8, 4) is 0 Å². The number of aryl methyl sites for hydroxylation is 2. The third-order valence-electron chi connectivity index (χ3n) is 2.20. The van der Waals surface area contributed by atoms with E-state index in [2.05, 4.69) is 35.2 Å². The number of thiophene rings is 1. The van der Waals surface area contributed by atoms with E-state index < -0.39 is 0 Å². The molecule has 2 rings (SSSR count). The number of nitrogens with zero attached hydrogens (tertiary/aromatic N) is 2. The molecular weight excluding hydrogens is 206 g/mol. The summed E-state index contributed by atoms with van der Waals surface area (Å²) in [5.41, 5.74) is 1.35. The Hall–Kier alpha value is -1.42. The number of hydrogen-bond donors (Lipinski definition) is 1. The lowest BCUT2D eigenvalue weighted by atomic mass is 10.3. The minimum absolute atomic E-state index is 0.682. The van der Waals surface area contributed by atoms with Crippen LogP contribution in [-0.2, 0) is 6.54 Å². The Balaban J connectivity index is 1.99. The summed E-state index contributed by atoms with van der Waals surface area (Å²) in [5.74, 6) is 0.682. The van der Waals surface area contributed by atoms with Gasteiger partial charge in [-0.05, 0) is 31.5 Å². The van der Waals surface area contributed by atoms with Gasteiger partial charge in [-0.25, -0.2) is 9.97 Å². The Labute approximate surface area is 93.2 Å². The zero-order chi connectivity index (χ0) is 10.7. The molecule has 0 amide bonds. The quantitative estimate of drug-likeness (QED) is 0.862. The molecular formula is C11H13N3S. The molecule has 2 aromatic rings. The Morgan fingerprint density at radius 3 is 2.60 bits per heavy atom. The highest BCUT2D eigenvalue weighted by Gasteiger charge is 2.01. The minimum Gasteiger partial charge on any atom is -0.349 e. The molecule has 15 heavy (non-hydrogen) atoms. The summed E-state index contributed by atoms with van der Waals surface area (Å²) in [7, 11) is 0. The van der Waals surface area contributed by atoms with E-state index in [-0.39, 0.29) is 0 Å². The van der Waals surface area contributed by atoms with Gasteiger partial charge in [-0.1, -0.05) is 0 Å². The lowest BCUT2D eigenvalue weighted by Crippen LogP contribution is -2.01. The number of nitrogens with one attached hydrogen (secondary N) is 1. The van der Waals surface area contributed by atoms with Gasteiger partial charge in [0.15, 0.2) is 0 Å². The number of hydrogen-bond acceptors (Lipinski definition) is 4. The van der Waals surface area contributed by atoms with Crippen molar-refractivity contribution in [2.45, 2.75) is 20.4 Å². The third-order valence-corrected chi connectivity index (χ3v) is 3.36. The van der Waals surface area contributed by atoms with Gasteiger partial charge in [0.1, 0.15) is 0 Å². The monoisotopic (exact) mass is 219 g/mol. The maximum Gasteiger partial charge on any atom is 0.222 e. The smallest absolute Gasteiger partial charge is 0.222 e. The fourth-order valence-electron chi connectivity index (χ4n) is 1.29. The van der Waals surface area contributed by atoms with Crippen LogP contribution in [0.4, 0.5) is 5.95 Å². The SMILES string of the molecule is Cc1cc(CNc2ncccn2)sc1C. The van der Waals surface area contributed by atoms with E-state index in [1.165, 1.54) is 15.3 Å². The highest BCUT2D eigenvalue weighted by molar-refractivity contribution is 7.12. The summed E-state index contributed by atoms with van der Waals surface area (Å²) in [6, 6.07) is 4.01. The highest BCUT2D eigenvalue weighted by Crippen LogP contribution is 2.20. The predicted octanol–water partition coefficient (Wildman–Crippen LogP) is 2.77. The standard InChI is InChI=1S/C11H13N3S/c1-8-6-10(15-9(8)2)7-14-11-12-4-3-5-13-11/h3-6H,7H2,1-2H3,(H,12,13,14). The van der Waals surface area contributed by atoms with Crippen molar-refractivity contribution in [2.24, 2.45) is 0 Å². The minimum atomic E-state index is 0.682. The van der Waals surface area contributed by atoms with E-state index in [9.17, 15) is 0 Å². The van der Waals surface area contributed by atoms with Gasteiger partial charge < -0.3 is 5.32 Å². The number of rotatable bonds is 3. The molecule has 0 aliphatic carbocycles. The van der Waals surface area contributed by atoms with Crippen LogP contribution >= 0.6 is 11.3 Å². The van der Waals surface area contributed by atoms with Crippen molar-refractivity contribution in [3.05, 3.63) is 39.8 Å². The molecule has 0 atom stereocenters. The number of anilines is 1. The van der Waals surface area contributed by atoms with E-state index >= 15 is 0 Å². The van der Waals surface area contributed by atoms with Crippen molar-refractivity contribution in [2.75, 3.05) is 5.32 Å². The first-order valence-electron chi connectivity index (χ1n) is 4.82. The summed E-state index contributed by atoms with van der Waals surface area (Å²) < 4.78 is 0. The molecule has 2 aromatic heterocycles. The number of aromatic nitrogens is 2. The summed E-state index contributed by atoms with van der Waals surface area (Å²) in [6.07, 6.45) is 3.47. The first kappa shape index (κ1) is 10.1. The summed E-state index contributed by atoms with van der Waals surface area (Å²) in [5, 5.41) is 3.19. The Morgan fingerprint density at radius 1 is 1.27 bits per heavy atom. The largest absolute Gasteiger partial charge is 0.349 e. The fraction of sp³-hybridized carbons (Fsp3) is 0.273. The molecule has 0 aliphatic rings. The molecule has 1 N–H and O–H groups in total. The van der Waals surface area contributed by atoms with Gasteiger partial charge in [0.2, 0.25) is 5.95 Å². The van der Waals surface area contributed by atoms with Crippen LogP contribution in [0.25, 0.3) is 0 Å². The van der Waals surface area contributed by atoms with Crippen LogP contribution in [0.15, 0.2) is 24.5 Å². The molecule has 0 bridgehead atoms. The molecule has 4 heteroatoms. The zero-order valence-electron chi connectivity index (χ0n) is 8.82. The van der Waals surface area contributed by atoms with Crippen molar-refractivity contribution < 1.29 is 0 Å². The van der Waals surface area contributed by atoms with E-state index in [0.29, 0.717) is 5.95 Å². The first-order valence-corrected chi connectivity index (χ1v) is 5.64. The maximum atomic E-state index is 4.11. The topological polar surface area (TPSA) is 37.8 Å². The molecule has 78 valence electrons. The summed E-state index contributed by atoms with van der Waals surface area (Å²) >= 11 is 1.82. The van der Waals surface area contributed by atoms with Crippen LogP contribution in [0.3, 0.4) is 0 Å². The Morgan fingerprint density at radius 2 is 2.00 bits per heavy atom. The van der Waals surface area contributed by atoms with Crippen molar-refractivity contribution in [3.63, 3.8) is 0 Å². The molecule has 3 nitrogen and oxygen atoms in total. The van der Waals surface area contributed by atoms with E-state index in [4.69, 9.17) is 0 Å². The van der Waals surface area contributed by atoms with Gasteiger partial charge in [0.05, 0.1) is 6.54 Å². The van der Waals surface area contributed by atoms with Gasteiger partial charge in [-0.2, -0.15) is 0 Å².